The van der Waals surface area contributed by atoms with Crippen molar-refractivity contribution in [1.29, 1.82) is 0 Å². The Morgan fingerprint density at radius 1 is 1.14 bits per heavy atom. The Morgan fingerprint density at radius 2 is 1.76 bits per heavy atom. The van der Waals surface area contributed by atoms with Gasteiger partial charge in [-0.05, 0) is 62.3 Å². The Bertz CT molecular complexity index is 444. The summed E-state index contributed by atoms with van der Waals surface area (Å²) in [5, 5.41) is 0. The maximum Gasteiger partial charge on any atom is 0.166 e. The molecule has 0 amide bonds. The van der Waals surface area contributed by atoms with Crippen molar-refractivity contribution in [1.82, 2.24) is 0 Å². The first kappa shape index (κ1) is 16.0. The lowest BCUT2D eigenvalue weighted by Gasteiger charge is -2.32. The Labute approximate surface area is 127 Å². The van der Waals surface area contributed by atoms with E-state index in [0.717, 1.165) is 43.4 Å². The van der Waals surface area contributed by atoms with Crippen LogP contribution in [-0.4, -0.2) is 26.1 Å². The summed E-state index contributed by atoms with van der Waals surface area (Å²) in [6.45, 7) is 2.12. The normalized spacial score (nSPS) is 23.6. The molecule has 116 valence electrons. The van der Waals surface area contributed by atoms with Crippen molar-refractivity contribution < 1.29 is 14.3 Å². The molecule has 21 heavy (non-hydrogen) atoms. The SMILES string of the molecule is CC[C@H](C(=O)c1ccc(OC)cc1)C1CCC(OC)CC1. The number of carbonyl (C=O) groups is 1. The number of carbonyl (C=O) groups excluding carboxylic acids is 1. The van der Waals surface area contributed by atoms with E-state index in [0.29, 0.717) is 12.0 Å². The summed E-state index contributed by atoms with van der Waals surface area (Å²) in [7, 11) is 3.42. The molecule has 3 nitrogen and oxygen atoms in total. The third-order valence-corrected chi connectivity index (χ3v) is 4.77. The van der Waals surface area contributed by atoms with Crippen LogP contribution in [0.2, 0.25) is 0 Å². The second kappa shape index (κ2) is 7.60. The van der Waals surface area contributed by atoms with Gasteiger partial charge in [-0.3, -0.25) is 4.79 Å². The van der Waals surface area contributed by atoms with E-state index in [9.17, 15) is 4.79 Å². The lowest BCUT2D eigenvalue weighted by molar-refractivity contribution is 0.0433. The monoisotopic (exact) mass is 290 g/mol. The number of hydrogen-bond donors (Lipinski definition) is 0. The molecule has 2 rings (SSSR count). The average molecular weight is 290 g/mol. The molecule has 0 radical (unpaired) electrons. The second-order valence-electron chi connectivity index (χ2n) is 5.88. The third-order valence-electron chi connectivity index (χ3n) is 4.77. The van der Waals surface area contributed by atoms with Crippen molar-refractivity contribution in [3.63, 3.8) is 0 Å². The van der Waals surface area contributed by atoms with Crippen LogP contribution in [-0.2, 0) is 4.74 Å². The summed E-state index contributed by atoms with van der Waals surface area (Å²) in [5.74, 6) is 1.70. The molecule has 1 aliphatic rings. The van der Waals surface area contributed by atoms with Gasteiger partial charge < -0.3 is 9.47 Å². The van der Waals surface area contributed by atoms with Crippen LogP contribution in [0.5, 0.6) is 5.75 Å². The van der Waals surface area contributed by atoms with Gasteiger partial charge in [0.15, 0.2) is 5.78 Å². The molecule has 0 N–H and O–H groups in total. The molecule has 0 aliphatic heterocycles. The number of ether oxygens (including phenoxy) is 2. The summed E-state index contributed by atoms with van der Waals surface area (Å²) in [4.78, 5) is 12.8. The Morgan fingerprint density at radius 3 is 2.24 bits per heavy atom. The minimum atomic E-state index is 0.135. The van der Waals surface area contributed by atoms with Crippen LogP contribution in [0.15, 0.2) is 24.3 Å². The molecule has 0 bridgehead atoms. The maximum absolute atomic E-state index is 12.8. The molecule has 0 spiro atoms. The molecule has 0 unspecified atom stereocenters. The van der Waals surface area contributed by atoms with Gasteiger partial charge in [-0.1, -0.05) is 6.92 Å². The zero-order valence-electron chi connectivity index (χ0n) is 13.3. The molecule has 0 aromatic heterocycles. The number of methoxy groups -OCH3 is 2. The standard InChI is InChI=1S/C18H26O3/c1-4-17(13-5-9-15(20-2)10-6-13)18(19)14-7-11-16(21-3)12-8-14/h7-8,11-13,15,17H,4-6,9-10H2,1-3H3/t13?,15?,17-/m0/s1. The molecule has 1 atom stereocenters. The highest BCUT2D eigenvalue weighted by atomic mass is 16.5. The summed E-state index contributed by atoms with van der Waals surface area (Å²) in [5.41, 5.74) is 0.802. The molecule has 1 aliphatic carbocycles. The fraction of sp³-hybridized carbons (Fsp3) is 0.611. The lowest BCUT2D eigenvalue weighted by atomic mass is 9.75. The van der Waals surface area contributed by atoms with Gasteiger partial charge in [-0.2, -0.15) is 0 Å². The van der Waals surface area contributed by atoms with E-state index < -0.39 is 0 Å². The molecule has 0 saturated heterocycles. The van der Waals surface area contributed by atoms with Crippen LogP contribution < -0.4 is 4.74 Å². The van der Waals surface area contributed by atoms with Gasteiger partial charge in [0.2, 0.25) is 0 Å². The number of benzene rings is 1. The molecule has 1 aromatic rings. The summed E-state index contributed by atoms with van der Waals surface area (Å²) >= 11 is 0. The van der Waals surface area contributed by atoms with Crippen molar-refractivity contribution in [3.8, 4) is 5.75 Å². The van der Waals surface area contributed by atoms with Gasteiger partial charge in [-0.15, -0.1) is 0 Å². The summed E-state index contributed by atoms with van der Waals surface area (Å²) < 4.78 is 10.6. The van der Waals surface area contributed by atoms with Crippen molar-refractivity contribution in [3.05, 3.63) is 29.8 Å². The first-order valence-electron chi connectivity index (χ1n) is 7.90. The molecule has 0 heterocycles. The van der Waals surface area contributed by atoms with E-state index in [-0.39, 0.29) is 11.7 Å². The van der Waals surface area contributed by atoms with Crippen molar-refractivity contribution in [2.24, 2.45) is 11.8 Å². The van der Waals surface area contributed by atoms with Gasteiger partial charge >= 0.3 is 0 Å². The van der Waals surface area contributed by atoms with E-state index in [4.69, 9.17) is 9.47 Å². The van der Waals surface area contributed by atoms with E-state index in [1.165, 1.54) is 0 Å². The van der Waals surface area contributed by atoms with Crippen LogP contribution in [0.1, 0.15) is 49.4 Å². The van der Waals surface area contributed by atoms with E-state index >= 15 is 0 Å². The second-order valence-corrected chi connectivity index (χ2v) is 5.88. The van der Waals surface area contributed by atoms with Crippen LogP contribution in [0, 0.1) is 11.8 Å². The largest absolute Gasteiger partial charge is 0.497 e. The van der Waals surface area contributed by atoms with Crippen LogP contribution in [0.3, 0.4) is 0 Å². The van der Waals surface area contributed by atoms with E-state index in [1.54, 1.807) is 14.2 Å². The van der Waals surface area contributed by atoms with Crippen LogP contribution >= 0.6 is 0 Å². The fourth-order valence-corrected chi connectivity index (χ4v) is 3.43. The molecule has 1 aromatic carbocycles. The molecular formula is C18H26O3. The number of ketones is 1. The van der Waals surface area contributed by atoms with E-state index in [1.807, 2.05) is 24.3 Å². The predicted octanol–water partition coefficient (Wildman–Crippen LogP) is 4.11. The van der Waals surface area contributed by atoms with E-state index in [2.05, 4.69) is 6.92 Å². The van der Waals surface area contributed by atoms with Crippen LogP contribution in [0.4, 0.5) is 0 Å². The lowest BCUT2D eigenvalue weighted by Crippen LogP contribution is -2.29. The molecule has 3 heteroatoms. The van der Waals surface area contributed by atoms with Gasteiger partial charge in [0.05, 0.1) is 13.2 Å². The first-order valence-corrected chi connectivity index (χ1v) is 7.90. The number of hydrogen-bond acceptors (Lipinski definition) is 3. The van der Waals surface area contributed by atoms with Crippen molar-refractivity contribution >= 4 is 5.78 Å². The highest BCUT2D eigenvalue weighted by molar-refractivity contribution is 5.98. The quantitative estimate of drug-likeness (QED) is 0.740. The maximum atomic E-state index is 12.8. The average Bonchev–Trinajstić information content (AvgIpc) is 2.56. The smallest absolute Gasteiger partial charge is 0.166 e. The van der Waals surface area contributed by atoms with Gasteiger partial charge in [0.1, 0.15) is 5.75 Å². The molecule has 1 fully saturated rings. The van der Waals surface area contributed by atoms with Crippen molar-refractivity contribution in [2.75, 3.05) is 14.2 Å². The summed E-state index contributed by atoms with van der Waals surface area (Å²) in [6.07, 6.45) is 5.64. The zero-order valence-corrected chi connectivity index (χ0v) is 13.3. The predicted molar refractivity (Wildman–Crippen MR) is 83.9 cm³/mol. The Kier molecular flexibility index (Phi) is 5.80. The molecular weight excluding hydrogens is 264 g/mol. The van der Waals surface area contributed by atoms with Crippen LogP contribution in [0.25, 0.3) is 0 Å². The highest BCUT2D eigenvalue weighted by Crippen LogP contribution is 2.34. The first-order chi connectivity index (χ1) is 10.2. The topological polar surface area (TPSA) is 35.5 Å². The van der Waals surface area contributed by atoms with Gasteiger partial charge in [-0.25, -0.2) is 0 Å². The highest BCUT2D eigenvalue weighted by Gasteiger charge is 2.31. The third kappa shape index (κ3) is 3.85. The van der Waals surface area contributed by atoms with Gasteiger partial charge in [0.25, 0.3) is 0 Å². The Balaban J connectivity index is 2.04. The summed E-state index contributed by atoms with van der Waals surface area (Å²) in [6, 6.07) is 7.48. The minimum Gasteiger partial charge on any atom is -0.497 e. The number of Topliss-reactive ketones (excluding diaryl/α,β-unsaturated/α-hetero) is 1. The molecule has 1 saturated carbocycles. The Hall–Kier alpha value is -1.35. The fourth-order valence-electron chi connectivity index (χ4n) is 3.43. The van der Waals surface area contributed by atoms with Crippen molar-refractivity contribution in [2.45, 2.75) is 45.1 Å². The minimum absolute atomic E-state index is 0.135. The number of rotatable bonds is 6. The zero-order chi connectivity index (χ0) is 15.2. The van der Waals surface area contributed by atoms with Gasteiger partial charge in [0, 0.05) is 18.6 Å².